The van der Waals surface area contributed by atoms with Crippen molar-refractivity contribution in [2.75, 3.05) is 0 Å². The number of nitrogens with two attached hydrogens (primary N) is 1. The molecule has 0 spiro atoms. The molecule has 0 saturated carbocycles. The number of carbonyl (C=O) groups is 1. The first-order valence-corrected chi connectivity index (χ1v) is 7.24. The topological polar surface area (TPSA) is 55.1 Å². The van der Waals surface area contributed by atoms with Gasteiger partial charge < -0.3 is 11.1 Å². The average Bonchev–Trinajstić information content (AvgIpc) is 2.65. The summed E-state index contributed by atoms with van der Waals surface area (Å²) in [5.74, 6) is 0.0349. The Bertz CT molecular complexity index is 368. The van der Waals surface area contributed by atoms with Crippen LogP contribution in [0.1, 0.15) is 51.5 Å². The van der Waals surface area contributed by atoms with Crippen LogP contribution in [0.25, 0.3) is 0 Å². The summed E-state index contributed by atoms with van der Waals surface area (Å²) in [6.45, 7) is 8.41. The summed E-state index contributed by atoms with van der Waals surface area (Å²) in [6, 6.07) is 4.03. The molecule has 4 heteroatoms. The fourth-order valence-electron chi connectivity index (χ4n) is 2.01. The van der Waals surface area contributed by atoms with E-state index in [1.165, 1.54) is 4.88 Å². The van der Waals surface area contributed by atoms with Crippen molar-refractivity contribution in [1.82, 2.24) is 5.32 Å². The van der Waals surface area contributed by atoms with Gasteiger partial charge in [-0.05, 0) is 30.2 Å². The van der Waals surface area contributed by atoms with E-state index in [0.717, 1.165) is 6.42 Å². The van der Waals surface area contributed by atoms with E-state index in [0.29, 0.717) is 6.42 Å². The molecule has 1 unspecified atom stereocenters. The molecule has 0 aliphatic carbocycles. The Kier molecular flexibility index (Phi) is 5.35. The molecular weight excluding hydrogens is 244 g/mol. The first kappa shape index (κ1) is 15.2. The van der Waals surface area contributed by atoms with E-state index < -0.39 is 0 Å². The van der Waals surface area contributed by atoms with E-state index in [1.54, 1.807) is 11.3 Å². The van der Waals surface area contributed by atoms with Crippen LogP contribution in [0.5, 0.6) is 0 Å². The lowest BCUT2D eigenvalue weighted by molar-refractivity contribution is -0.122. The first-order chi connectivity index (χ1) is 8.28. The van der Waals surface area contributed by atoms with Gasteiger partial charge in [-0.1, -0.05) is 26.8 Å². The van der Waals surface area contributed by atoms with Gasteiger partial charge in [0.15, 0.2) is 0 Å². The zero-order valence-corrected chi connectivity index (χ0v) is 12.5. The molecule has 0 aliphatic heterocycles. The second kappa shape index (κ2) is 6.34. The Morgan fingerprint density at radius 1 is 1.50 bits per heavy atom. The number of hydrogen-bond donors (Lipinski definition) is 2. The second-order valence-electron chi connectivity index (χ2n) is 6.03. The number of thiophene rings is 1. The van der Waals surface area contributed by atoms with Crippen LogP contribution in [0.2, 0.25) is 0 Å². The Labute approximate surface area is 114 Å². The Balaban J connectivity index is 2.38. The Morgan fingerprint density at radius 3 is 2.67 bits per heavy atom. The molecule has 0 aromatic carbocycles. The zero-order valence-electron chi connectivity index (χ0n) is 11.7. The van der Waals surface area contributed by atoms with Crippen molar-refractivity contribution < 1.29 is 4.79 Å². The summed E-state index contributed by atoms with van der Waals surface area (Å²) in [5, 5.41) is 5.01. The molecule has 0 radical (unpaired) electrons. The molecule has 18 heavy (non-hydrogen) atoms. The van der Waals surface area contributed by atoms with E-state index >= 15 is 0 Å². The number of amides is 1. The molecular formula is C14H24N2OS. The third-order valence-corrected chi connectivity index (χ3v) is 3.72. The summed E-state index contributed by atoms with van der Waals surface area (Å²) in [4.78, 5) is 13.0. The Morgan fingerprint density at radius 2 is 2.17 bits per heavy atom. The van der Waals surface area contributed by atoms with Crippen LogP contribution in [-0.2, 0) is 4.79 Å². The van der Waals surface area contributed by atoms with Gasteiger partial charge in [0, 0.05) is 17.3 Å². The third-order valence-electron chi connectivity index (χ3n) is 2.67. The van der Waals surface area contributed by atoms with Crippen molar-refractivity contribution in [3.8, 4) is 0 Å². The maximum absolute atomic E-state index is 11.9. The zero-order chi connectivity index (χ0) is 13.8. The number of hydrogen-bond acceptors (Lipinski definition) is 3. The molecule has 102 valence electrons. The summed E-state index contributed by atoms with van der Waals surface area (Å²) >= 11 is 1.66. The number of carbonyl (C=O) groups excluding carboxylic acids is 1. The van der Waals surface area contributed by atoms with Gasteiger partial charge in [-0.15, -0.1) is 11.3 Å². The van der Waals surface area contributed by atoms with Gasteiger partial charge in [0.2, 0.25) is 5.91 Å². The molecule has 1 aromatic rings. The summed E-state index contributed by atoms with van der Waals surface area (Å²) in [7, 11) is 0. The van der Waals surface area contributed by atoms with Gasteiger partial charge in [-0.25, -0.2) is 0 Å². The minimum atomic E-state index is -0.0689. The maximum atomic E-state index is 11.9. The fraction of sp³-hybridized carbons (Fsp3) is 0.643. The lowest BCUT2D eigenvalue weighted by Crippen LogP contribution is -2.35. The van der Waals surface area contributed by atoms with Gasteiger partial charge in [-0.2, -0.15) is 0 Å². The average molecular weight is 268 g/mol. The highest BCUT2D eigenvalue weighted by Gasteiger charge is 2.19. The molecule has 0 saturated heterocycles. The quantitative estimate of drug-likeness (QED) is 0.862. The predicted molar refractivity (Wildman–Crippen MR) is 77.5 cm³/mol. The van der Waals surface area contributed by atoms with Crippen molar-refractivity contribution >= 4 is 17.2 Å². The van der Waals surface area contributed by atoms with Gasteiger partial charge in [-0.3, -0.25) is 4.79 Å². The van der Waals surface area contributed by atoms with Crippen molar-refractivity contribution in [2.24, 2.45) is 11.1 Å². The molecule has 0 fully saturated rings. The van der Waals surface area contributed by atoms with E-state index in [-0.39, 0.29) is 23.4 Å². The smallest absolute Gasteiger partial charge is 0.222 e. The van der Waals surface area contributed by atoms with Crippen molar-refractivity contribution in [2.45, 2.75) is 52.6 Å². The van der Waals surface area contributed by atoms with Crippen LogP contribution in [0, 0.1) is 5.41 Å². The normalized spacial score (nSPS) is 15.2. The van der Waals surface area contributed by atoms with Crippen molar-refractivity contribution in [1.29, 1.82) is 0 Å². The van der Waals surface area contributed by atoms with Crippen LogP contribution in [0.15, 0.2) is 17.5 Å². The van der Waals surface area contributed by atoms with Crippen LogP contribution in [0.3, 0.4) is 0 Å². The van der Waals surface area contributed by atoms with E-state index in [2.05, 4.69) is 26.1 Å². The van der Waals surface area contributed by atoms with E-state index in [4.69, 9.17) is 5.73 Å². The monoisotopic (exact) mass is 268 g/mol. The lowest BCUT2D eigenvalue weighted by atomic mass is 9.87. The van der Waals surface area contributed by atoms with Crippen LogP contribution >= 0.6 is 11.3 Å². The molecule has 1 amide bonds. The summed E-state index contributed by atoms with van der Waals surface area (Å²) in [6.07, 6.45) is 1.25. The minimum absolute atomic E-state index is 0.0349. The van der Waals surface area contributed by atoms with Gasteiger partial charge in [0.1, 0.15) is 0 Å². The molecule has 3 nitrogen and oxygen atoms in total. The largest absolute Gasteiger partial charge is 0.349 e. The van der Waals surface area contributed by atoms with Gasteiger partial charge in [0.25, 0.3) is 0 Å². The molecule has 0 bridgehead atoms. The van der Waals surface area contributed by atoms with Crippen molar-refractivity contribution in [3.63, 3.8) is 0 Å². The van der Waals surface area contributed by atoms with Crippen LogP contribution < -0.4 is 11.1 Å². The van der Waals surface area contributed by atoms with E-state index in [1.807, 2.05) is 24.4 Å². The first-order valence-electron chi connectivity index (χ1n) is 6.36. The highest BCUT2D eigenvalue weighted by molar-refractivity contribution is 7.10. The van der Waals surface area contributed by atoms with Crippen molar-refractivity contribution in [3.05, 3.63) is 22.4 Å². The predicted octanol–water partition coefficient (Wildman–Crippen LogP) is 3.08. The van der Waals surface area contributed by atoms with Crippen LogP contribution in [0.4, 0.5) is 0 Å². The molecule has 1 rings (SSSR count). The van der Waals surface area contributed by atoms with Gasteiger partial charge in [0.05, 0.1) is 6.04 Å². The highest BCUT2D eigenvalue weighted by atomic mass is 32.1. The molecule has 0 aliphatic rings. The number of nitrogens with one attached hydrogen (secondary N) is 1. The fourth-order valence-corrected chi connectivity index (χ4v) is 2.74. The second-order valence-corrected chi connectivity index (χ2v) is 7.01. The highest BCUT2D eigenvalue weighted by Crippen LogP contribution is 2.22. The standard InChI is InChI=1S/C14H24N2OS/c1-10(12-6-5-7-18-12)16-13(17)8-11(15)9-14(2,3)4/h5-7,10-11H,8-9,15H2,1-4H3,(H,16,17)/t10-,11?/m0/s1. The summed E-state index contributed by atoms with van der Waals surface area (Å²) < 4.78 is 0. The van der Waals surface area contributed by atoms with Crippen LogP contribution in [-0.4, -0.2) is 11.9 Å². The molecule has 1 aromatic heterocycles. The summed E-state index contributed by atoms with van der Waals surface area (Å²) in [5.41, 5.74) is 6.16. The maximum Gasteiger partial charge on any atom is 0.222 e. The van der Waals surface area contributed by atoms with E-state index in [9.17, 15) is 4.79 Å². The van der Waals surface area contributed by atoms with Gasteiger partial charge >= 0.3 is 0 Å². The Hall–Kier alpha value is -0.870. The third kappa shape index (κ3) is 5.65. The minimum Gasteiger partial charge on any atom is -0.349 e. The molecule has 3 N–H and O–H groups in total. The SMILES string of the molecule is C[C@H](NC(=O)CC(N)CC(C)(C)C)c1cccs1. The lowest BCUT2D eigenvalue weighted by Gasteiger charge is -2.23. The molecule has 2 atom stereocenters. The number of rotatable bonds is 5. The molecule has 1 heterocycles.